The molecule has 1 saturated heterocycles. The Morgan fingerprint density at radius 2 is 2.00 bits per heavy atom. The van der Waals surface area contributed by atoms with Gasteiger partial charge in [0.25, 0.3) is 5.91 Å². The Hall–Kier alpha value is -2.11. The van der Waals surface area contributed by atoms with Gasteiger partial charge in [0.15, 0.2) is 0 Å². The molecule has 1 N–H and O–H groups in total. The minimum absolute atomic E-state index is 0.206. The lowest BCUT2D eigenvalue weighted by Gasteiger charge is -2.28. The fraction of sp³-hybridized carbons (Fsp3) is 0.333. The second-order valence-corrected chi connectivity index (χ2v) is 6.35. The summed E-state index contributed by atoms with van der Waals surface area (Å²) in [5.41, 5.74) is 1.04. The zero-order valence-electron chi connectivity index (χ0n) is 13.5. The molecular formula is C18H20ClN3O2. The molecule has 0 saturated carbocycles. The first-order valence-corrected chi connectivity index (χ1v) is 8.37. The molecule has 1 aliphatic rings. The smallest absolute Gasteiger partial charge is 0.257 e. The number of rotatable bonds is 4. The summed E-state index contributed by atoms with van der Waals surface area (Å²) >= 11 is 6.03. The number of nitrogens with one attached hydrogen (secondary N) is 1. The molecule has 6 heteroatoms. The zero-order chi connectivity index (χ0) is 16.9. The Labute approximate surface area is 146 Å². The average Bonchev–Trinajstić information content (AvgIpc) is 2.59. The number of pyridine rings is 1. The lowest BCUT2D eigenvalue weighted by Crippen LogP contribution is -2.35. The number of aromatic nitrogens is 1. The number of hydrogen-bond donors (Lipinski definition) is 1. The van der Waals surface area contributed by atoms with Crippen LogP contribution in [0.15, 0.2) is 42.6 Å². The van der Waals surface area contributed by atoms with Gasteiger partial charge in [0, 0.05) is 19.2 Å². The van der Waals surface area contributed by atoms with E-state index in [-0.39, 0.29) is 12.0 Å². The van der Waals surface area contributed by atoms with Gasteiger partial charge < -0.3 is 15.0 Å². The number of halogens is 1. The maximum absolute atomic E-state index is 12.2. The van der Waals surface area contributed by atoms with Crippen LogP contribution in [0, 0.1) is 0 Å². The van der Waals surface area contributed by atoms with Crippen molar-refractivity contribution in [2.45, 2.75) is 18.9 Å². The Morgan fingerprint density at radius 3 is 2.67 bits per heavy atom. The fourth-order valence-electron chi connectivity index (χ4n) is 2.64. The maximum Gasteiger partial charge on any atom is 0.257 e. The van der Waals surface area contributed by atoms with Gasteiger partial charge in [-0.3, -0.25) is 4.79 Å². The molecule has 1 amide bonds. The first kappa shape index (κ1) is 16.7. The summed E-state index contributed by atoms with van der Waals surface area (Å²) in [6, 6.07) is 10.5. The zero-order valence-corrected chi connectivity index (χ0v) is 14.3. The number of hydrogen-bond acceptors (Lipinski definition) is 4. The van der Waals surface area contributed by atoms with Crippen molar-refractivity contribution < 1.29 is 9.53 Å². The molecule has 126 valence electrons. The van der Waals surface area contributed by atoms with Gasteiger partial charge in [-0.2, -0.15) is 0 Å². The Morgan fingerprint density at radius 1 is 1.25 bits per heavy atom. The van der Waals surface area contributed by atoms with Crippen molar-refractivity contribution in [3.05, 3.63) is 53.2 Å². The van der Waals surface area contributed by atoms with Gasteiger partial charge in [0.2, 0.25) is 5.88 Å². The molecule has 2 aromatic rings. The van der Waals surface area contributed by atoms with E-state index in [1.165, 1.54) is 0 Å². The van der Waals surface area contributed by atoms with Crippen LogP contribution in [0.4, 0.5) is 5.69 Å². The van der Waals surface area contributed by atoms with Crippen molar-refractivity contribution in [2.24, 2.45) is 0 Å². The molecule has 0 atom stereocenters. The van der Waals surface area contributed by atoms with Crippen molar-refractivity contribution in [1.82, 2.24) is 9.88 Å². The van der Waals surface area contributed by atoms with Gasteiger partial charge in [-0.15, -0.1) is 0 Å². The Bertz CT molecular complexity index is 698. The number of benzene rings is 1. The predicted molar refractivity (Wildman–Crippen MR) is 94.8 cm³/mol. The summed E-state index contributed by atoms with van der Waals surface area (Å²) in [5, 5.41) is 3.21. The molecule has 0 bridgehead atoms. The third-order valence-electron chi connectivity index (χ3n) is 4.07. The van der Waals surface area contributed by atoms with Crippen LogP contribution in [0.25, 0.3) is 0 Å². The molecule has 0 aliphatic carbocycles. The number of piperidine rings is 1. The molecule has 0 radical (unpaired) electrons. The van der Waals surface area contributed by atoms with Crippen molar-refractivity contribution in [2.75, 3.05) is 25.5 Å². The van der Waals surface area contributed by atoms with Crippen molar-refractivity contribution >= 4 is 23.2 Å². The van der Waals surface area contributed by atoms with E-state index in [9.17, 15) is 4.79 Å². The van der Waals surface area contributed by atoms with Gasteiger partial charge in [-0.1, -0.05) is 23.7 Å². The van der Waals surface area contributed by atoms with Gasteiger partial charge in [-0.25, -0.2) is 4.98 Å². The number of carbonyl (C=O) groups excluding carboxylic acids is 1. The number of ether oxygens (including phenoxy) is 1. The molecule has 1 fully saturated rings. The third kappa shape index (κ3) is 4.24. The van der Waals surface area contributed by atoms with Crippen LogP contribution >= 0.6 is 11.6 Å². The van der Waals surface area contributed by atoms with E-state index in [1.807, 2.05) is 0 Å². The summed E-state index contributed by atoms with van der Waals surface area (Å²) in [4.78, 5) is 18.8. The summed E-state index contributed by atoms with van der Waals surface area (Å²) in [5.74, 6) is 0.326. The summed E-state index contributed by atoms with van der Waals surface area (Å²) in [6.07, 6.45) is 3.81. The number of anilines is 1. The van der Waals surface area contributed by atoms with E-state index in [0.717, 1.165) is 25.9 Å². The number of likely N-dealkylation sites (tertiary alicyclic amines) is 1. The van der Waals surface area contributed by atoms with Crippen molar-refractivity contribution in [1.29, 1.82) is 0 Å². The van der Waals surface area contributed by atoms with Crippen LogP contribution in [0.2, 0.25) is 5.02 Å². The molecule has 0 spiro atoms. The quantitative estimate of drug-likeness (QED) is 0.922. The van der Waals surface area contributed by atoms with Crippen LogP contribution in [0.1, 0.15) is 23.2 Å². The molecule has 2 heterocycles. The lowest BCUT2D eigenvalue weighted by atomic mass is 10.1. The van der Waals surface area contributed by atoms with Crippen LogP contribution in [-0.2, 0) is 0 Å². The highest BCUT2D eigenvalue weighted by molar-refractivity contribution is 6.34. The van der Waals surface area contributed by atoms with E-state index in [0.29, 0.717) is 22.2 Å². The van der Waals surface area contributed by atoms with Gasteiger partial charge in [0.1, 0.15) is 6.10 Å². The topological polar surface area (TPSA) is 54.5 Å². The first-order valence-electron chi connectivity index (χ1n) is 7.99. The van der Waals surface area contributed by atoms with Crippen LogP contribution in [0.5, 0.6) is 5.88 Å². The SMILES string of the molecule is CN1CCC(Oc2ccc(NC(=O)c3ccccc3Cl)cn2)CC1. The van der Waals surface area contributed by atoms with Crippen molar-refractivity contribution in [3.63, 3.8) is 0 Å². The van der Waals surface area contributed by atoms with Gasteiger partial charge in [0.05, 0.1) is 22.5 Å². The predicted octanol–water partition coefficient (Wildman–Crippen LogP) is 3.46. The second-order valence-electron chi connectivity index (χ2n) is 5.94. The molecule has 1 aromatic carbocycles. The van der Waals surface area contributed by atoms with Crippen LogP contribution in [-0.4, -0.2) is 42.0 Å². The molecular weight excluding hydrogens is 326 g/mol. The van der Waals surface area contributed by atoms with Crippen LogP contribution < -0.4 is 10.1 Å². The number of nitrogens with zero attached hydrogens (tertiary/aromatic N) is 2. The standard InChI is InChI=1S/C18H20ClN3O2/c1-22-10-8-14(9-11-22)24-17-7-6-13(12-20-17)21-18(23)15-4-2-3-5-16(15)19/h2-7,12,14H,8-11H2,1H3,(H,21,23). The Balaban J connectivity index is 1.58. The largest absolute Gasteiger partial charge is 0.474 e. The van der Waals surface area contributed by atoms with Crippen LogP contribution in [0.3, 0.4) is 0 Å². The molecule has 1 aromatic heterocycles. The second kappa shape index (κ2) is 7.64. The summed E-state index contributed by atoms with van der Waals surface area (Å²) in [7, 11) is 2.12. The van der Waals surface area contributed by atoms with E-state index >= 15 is 0 Å². The maximum atomic E-state index is 12.2. The average molecular weight is 346 g/mol. The van der Waals surface area contributed by atoms with Gasteiger partial charge in [-0.05, 0) is 38.1 Å². The minimum atomic E-state index is -0.258. The first-order chi connectivity index (χ1) is 11.6. The van der Waals surface area contributed by atoms with Crippen molar-refractivity contribution in [3.8, 4) is 5.88 Å². The molecule has 5 nitrogen and oxygen atoms in total. The summed E-state index contributed by atoms with van der Waals surface area (Å²) in [6.45, 7) is 2.08. The third-order valence-corrected chi connectivity index (χ3v) is 4.40. The monoisotopic (exact) mass is 345 g/mol. The highest BCUT2D eigenvalue weighted by Gasteiger charge is 2.18. The normalized spacial score (nSPS) is 15.9. The lowest BCUT2D eigenvalue weighted by molar-refractivity contribution is 0.102. The highest BCUT2D eigenvalue weighted by atomic mass is 35.5. The molecule has 24 heavy (non-hydrogen) atoms. The van der Waals surface area contributed by atoms with E-state index in [1.54, 1.807) is 42.6 Å². The van der Waals surface area contributed by atoms with E-state index in [2.05, 4.69) is 22.2 Å². The molecule has 3 rings (SSSR count). The molecule has 1 aliphatic heterocycles. The Kier molecular flexibility index (Phi) is 5.33. The number of amides is 1. The molecule has 0 unspecified atom stereocenters. The fourth-order valence-corrected chi connectivity index (χ4v) is 2.86. The van der Waals surface area contributed by atoms with E-state index in [4.69, 9.17) is 16.3 Å². The number of carbonyl (C=O) groups is 1. The highest BCUT2D eigenvalue weighted by Crippen LogP contribution is 2.20. The summed E-state index contributed by atoms with van der Waals surface area (Å²) < 4.78 is 5.90. The van der Waals surface area contributed by atoms with E-state index < -0.39 is 0 Å². The minimum Gasteiger partial charge on any atom is -0.474 e. The van der Waals surface area contributed by atoms with Gasteiger partial charge >= 0.3 is 0 Å².